The van der Waals surface area contributed by atoms with Crippen LogP contribution in [0.3, 0.4) is 0 Å². The zero-order valence-electron chi connectivity index (χ0n) is 12.8. The van der Waals surface area contributed by atoms with E-state index < -0.39 is 16.1 Å². The first-order valence-corrected chi connectivity index (χ1v) is 8.63. The van der Waals surface area contributed by atoms with Crippen LogP contribution in [0.1, 0.15) is 18.7 Å². The third kappa shape index (κ3) is 3.23. The molecule has 1 aromatic heterocycles. The van der Waals surface area contributed by atoms with E-state index in [2.05, 4.69) is 4.72 Å². The molecule has 3 rings (SSSR count). The smallest absolute Gasteiger partial charge is 0.241 e. The summed E-state index contributed by atoms with van der Waals surface area (Å²) in [5.41, 5.74) is 0.734. The second-order valence-corrected chi connectivity index (χ2v) is 6.92. The first kappa shape index (κ1) is 15.6. The quantitative estimate of drug-likeness (QED) is 0.777. The van der Waals surface area contributed by atoms with Crippen LogP contribution in [0.5, 0.6) is 5.75 Å². The summed E-state index contributed by atoms with van der Waals surface area (Å²) < 4.78 is 38.2. The van der Waals surface area contributed by atoms with Crippen molar-refractivity contribution in [1.82, 2.24) is 4.72 Å². The van der Waals surface area contributed by atoms with Crippen molar-refractivity contribution in [3.8, 4) is 5.75 Å². The zero-order chi connectivity index (χ0) is 16.4. The Morgan fingerprint density at radius 2 is 1.78 bits per heavy atom. The molecule has 0 radical (unpaired) electrons. The van der Waals surface area contributed by atoms with Crippen LogP contribution in [-0.2, 0) is 10.0 Å². The highest BCUT2D eigenvalue weighted by Crippen LogP contribution is 2.25. The lowest BCUT2D eigenvalue weighted by Gasteiger charge is -2.12. The van der Waals surface area contributed by atoms with Crippen LogP contribution in [0.4, 0.5) is 0 Å². The first-order valence-electron chi connectivity index (χ1n) is 7.14. The second kappa shape index (κ2) is 6.06. The number of hydrogen-bond donors (Lipinski definition) is 1. The number of para-hydroxylation sites is 1. The van der Waals surface area contributed by atoms with Crippen molar-refractivity contribution in [2.24, 2.45) is 0 Å². The highest BCUT2D eigenvalue weighted by Gasteiger charge is 2.20. The highest BCUT2D eigenvalue weighted by atomic mass is 32.2. The van der Waals surface area contributed by atoms with Crippen molar-refractivity contribution in [2.45, 2.75) is 17.9 Å². The number of methoxy groups -OCH3 is 1. The van der Waals surface area contributed by atoms with Gasteiger partial charge in [0.15, 0.2) is 0 Å². The summed E-state index contributed by atoms with van der Waals surface area (Å²) in [5.74, 6) is 1.18. The molecule has 0 spiro atoms. The fraction of sp³-hybridized carbons (Fsp3) is 0.176. The van der Waals surface area contributed by atoms with Crippen LogP contribution in [-0.4, -0.2) is 15.5 Å². The molecule has 0 fully saturated rings. The Balaban J connectivity index is 1.83. The Morgan fingerprint density at radius 3 is 2.43 bits per heavy atom. The van der Waals surface area contributed by atoms with Gasteiger partial charge < -0.3 is 9.15 Å². The Hall–Kier alpha value is -2.31. The van der Waals surface area contributed by atoms with Crippen molar-refractivity contribution < 1.29 is 17.6 Å². The van der Waals surface area contributed by atoms with Gasteiger partial charge in [-0.3, -0.25) is 0 Å². The Morgan fingerprint density at radius 1 is 1.09 bits per heavy atom. The van der Waals surface area contributed by atoms with Crippen LogP contribution in [0.15, 0.2) is 63.9 Å². The summed E-state index contributed by atoms with van der Waals surface area (Å²) in [7, 11) is -2.10. The molecule has 3 aromatic rings. The molecule has 0 saturated carbocycles. The number of benzene rings is 2. The molecule has 0 bridgehead atoms. The van der Waals surface area contributed by atoms with Crippen LogP contribution in [0.2, 0.25) is 0 Å². The molecule has 23 heavy (non-hydrogen) atoms. The van der Waals surface area contributed by atoms with E-state index >= 15 is 0 Å². The lowest BCUT2D eigenvalue weighted by molar-refractivity contribution is 0.414. The molecular weight excluding hydrogens is 314 g/mol. The van der Waals surface area contributed by atoms with E-state index in [9.17, 15) is 8.42 Å². The van der Waals surface area contributed by atoms with Crippen molar-refractivity contribution in [2.75, 3.05) is 7.11 Å². The Kier molecular flexibility index (Phi) is 4.11. The van der Waals surface area contributed by atoms with Crippen molar-refractivity contribution in [3.05, 3.63) is 60.4 Å². The third-order valence-electron chi connectivity index (χ3n) is 3.57. The average Bonchev–Trinajstić information content (AvgIpc) is 2.99. The molecule has 120 valence electrons. The highest BCUT2D eigenvalue weighted by molar-refractivity contribution is 7.89. The largest absolute Gasteiger partial charge is 0.497 e. The van der Waals surface area contributed by atoms with Gasteiger partial charge in [-0.1, -0.05) is 18.2 Å². The molecule has 5 nitrogen and oxygen atoms in total. The molecule has 0 unspecified atom stereocenters. The third-order valence-corrected chi connectivity index (χ3v) is 5.13. The molecule has 1 atom stereocenters. The number of hydrogen-bond acceptors (Lipinski definition) is 4. The SMILES string of the molecule is COc1ccc(S(=O)(=O)N[C@H](C)c2cc3ccccc3o2)cc1. The number of nitrogens with one attached hydrogen (secondary N) is 1. The molecular formula is C17H17NO4S. The monoisotopic (exact) mass is 331 g/mol. The number of fused-ring (bicyclic) bond motifs is 1. The van der Waals surface area contributed by atoms with Gasteiger partial charge in [-0.25, -0.2) is 13.1 Å². The lowest BCUT2D eigenvalue weighted by Crippen LogP contribution is -2.26. The molecule has 1 heterocycles. The van der Waals surface area contributed by atoms with Gasteiger partial charge in [-0.05, 0) is 43.3 Å². The number of ether oxygens (including phenoxy) is 1. The van der Waals surface area contributed by atoms with Gasteiger partial charge in [0.1, 0.15) is 17.1 Å². The van der Waals surface area contributed by atoms with E-state index in [1.165, 1.54) is 19.2 Å². The summed E-state index contributed by atoms with van der Waals surface area (Å²) in [5, 5.41) is 0.943. The molecule has 2 aromatic carbocycles. The molecule has 0 amide bonds. The topological polar surface area (TPSA) is 68.5 Å². The second-order valence-electron chi connectivity index (χ2n) is 5.21. The summed E-state index contributed by atoms with van der Waals surface area (Å²) in [6, 6.07) is 15.2. The van der Waals surface area contributed by atoms with E-state index in [4.69, 9.17) is 9.15 Å². The van der Waals surface area contributed by atoms with Crippen molar-refractivity contribution in [3.63, 3.8) is 0 Å². The molecule has 0 aliphatic carbocycles. The van der Waals surface area contributed by atoms with E-state index in [0.717, 1.165) is 11.0 Å². The van der Waals surface area contributed by atoms with Crippen LogP contribution in [0, 0.1) is 0 Å². The van der Waals surface area contributed by atoms with Gasteiger partial charge in [-0.2, -0.15) is 0 Å². The minimum atomic E-state index is -3.64. The standard InChI is InChI=1S/C17H17NO4S/c1-12(17-11-13-5-3-4-6-16(13)22-17)18-23(19,20)15-9-7-14(21-2)8-10-15/h3-12,18H,1-2H3/t12-/m1/s1. The van der Waals surface area contributed by atoms with Gasteiger partial charge in [-0.15, -0.1) is 0 Å². The summed E-state index contributed by atoms with van der Waals surface area (Å²) in [6.45, 7) is 1.75. The van der Waals surface area contributed by atoms with E-state index in [1.807, 2.05) is 30.3 Å². The fourth-order valence-electron chi connectivity index (χ4n) is 2.33. The molecule has 1 N–H and O–H groups in total. The van der Waals surface area contributed by atoms with Crippen LogP contribution in [0.25, 0.3) is 11.0 Å². The van der Waals surface area contributed by atoms with Crippen LogP contribution >= 0.6 is 0 Å². The maximum atomic E-state index is 12.4. The molecule has 0 aliphatic rings. The summed E-state index contributed by atoms with van der Waals surface area (Å²) >= 11 is 0. The lowest BCUT2D eigenvalue weighted by atomic mass is 10.2. The predicted octanol–water partition coefficient (Wildman–Crippen LogP) is 3.48. The van der Waals surface area contributed by atoms with E-state index in [1.54, 1.807) is 19.1 Å². The Labute approximate surface area is 134 Å². The van der Waals surface area contributed by atoms with E-state index in [-0.39, 0.29) is 4.90 Å². The summed E-state index contributed by atoms with van der Waals surface area (Å²) in [4.78, 5) is 0.182. The minimum absolute atomic E-state index is 0.182. The molecule has 0 aliphatic heterocycles. The Bertz CT molecular complexity index is 880. The maximum Gasteiger partial charge on any atom is 0.241 e. The fourth-order valence-corrected chi connectivity index (χ4v) is 3.54. The molecule has 6 heteroatoms. The predicted molar refractivity (Wildman–Crippen MR) is 87.9 cm³/mol. The molecule has 0 saturated heterocycles. The number of furan rings is 1. The van der Waals surface area contributed by atoms with Crippen LogP contribution < -0.4 is 9.46 Å². The zero-order valence-corrected chi connectivity index (χ0v) is 13.6. The van der Waals surface area contributed by atoms with Crippen molar-refractivity contribution in [1.29, 1.82) is 0 Å². The average molecular weight is 331 g/mol. The van der Waals surface area contributed by atoms with Crippen molar-refractivity contribution >= 4 is 21.0 Å². The van der Waals surface area contributed by atoms with Gasteiger partial charge in [0.05, 0.1) is 18.0 Å². The first-order chi connectivity index (χ1) is 11.0. The van der Waals surface area contributed by atoms with Gasteiger partial charge in [0.25, 0.3) is 0 Å². The summed E-state index contributed by atoms with van der Waals surface area (Å²) in [6.07, 6.45) is 0. The van der Waals surface area contributed by atoms with Gasteiger partial charge in [0, 0.05) is 5.39 Å². The van der Waals surface area contributed by atoms with E-state index in [0.29, 0.717) is 11.5 Å². The number of sulfonamides is 1. The number of rotatable bonds is 5. The van der Waals surface area contributed by atoms with Gasteiger partial charge >= 0.3 is 0 Å². The minimum Gasteiger partial charge on any atom is -0.497 e. The normalized spacial score (nSPS) is 13.1. The maximum absolute atomic E-state index is 12.4. The van der Waals surface area contributed by atoms with Gasteiger partial charge in [0.2, 0.25) is 10.0 Å².